The smallest absolute Gasteiger partial charge is 0.164 e. The first-order chi connectivity index (χ1) is 26.2. The van der Waals surface area contributed by atoms with Gasteiger partial charge in [0.15, 0.2) is 17.5 Å². The van der Waals surface area contributed by atoms with E-state index in [9.17, 15) is 0 Å². The molecule has 0 aliphatic rings. The Labute approximate surface area is 307 Å². The van der Waals surface area contributed by atoms with Gasteiger partial charge in [-0.25, -0.2) is 24.9 Å². The molecule has 4 aromatic heterocycles. The fraction of sp³-hybridized carbons (Fsp3) is 0. The number of rotatable bonds is 6. The van der Waals surface area contributed by atoms with Crippen LogP contribution < -0.4 is 0 Å². The minimum absolute atomic E-state index is 0.605. The summed E-state index contributed by atoms with van der Waals surface area (Å²) in [7, 11) is 0. The molecular formula is C44H26N8S. The summed E-state index contributed by atoms with van der Waals surface area (Å²) in [5.74, 6) is 1.85. The molecular weight excluding hydrogens is 673 g/mol. The standard InChI is InChI=1S/C44H26N8S/c1-3-10-27(11-4-1)28-20-24-32(25-21-28)42-47-41(31-12-5-2-6-13-31)48-43(49-42)34-15-9-14-33(26-34)29-18-22-30(23-19-29)37-40-38(51-52-50-37)39-44(53-40)46-36-17-8-7-16-35(36)45-39/h1-26H. The highest BCUT2D eigenvalue weighted by Gasteiger charge is 2.18. The molecule has 0 spiro atoms. The van der Waals surface area contributed by atoms with Crippen LogP contribution in [0.2, 0.25) is 0 Å². The fourth-order valence-electron chi connectivity index (χ4n) is 6.51. The van der Waals surface area contributed by atoms with Crippen molar-refractivity contribution < 1.29 is 0 Å². The molecule has 0 N–H and O–H groups in total. The SMILES string of the molecule is c1ccc(-c2ccc(-c3nc(-c4ccccc4)nc(-c4cccc(-c5ccc(-c6nnnc7c6sc6nc8ccccc8nc67)cc5)c4)n3)cc2)cc1. The molecule has 0 atom stereocenters. The van der Waals surface area contributed by atoms with E-state index in [-0.39, 0.29) is 0 Å². The van der Waals surface area contributed by atoms with Gasteiger partial charge < -0.3 is 0 Å². The van der Waals surface area contributed by atoms with Gasteiger partial charge in [0, 0.05) is 22.3 Å². The highest BCUT2D eigenvalue weighted by atomic mass is 32.1. The van der Waals surface area contributed by atoms with Crippen LogP contribution in [0.4, 0.5) is 0 Å². The molecule has 0 amide bonds. The van der Waals surface area contributed by atoms with Crippen molar-refractivity contribution in [1.29, 1.82) is 0 Å². The Balaban J connectivity index is 1.00. The van der Waals surface area contributed by atoms with E-state index in [0.29, 0.717) is 23.0 Å². The number of para-hydroxylation sites is 2. The van der Waals surface area contributed by atoms with Crippen LogP contribution >= 0.6 is 11.3 Å². The summed E-state index contributed by atoms with van der Waals surface area (Å²) in [6.45, 7) is 0. The van der Waals surface area contributed by atoms with Crippen LogP contribution in [-0.2, 0) is 0 Å². The summed E-state index contributed by atoms with van der Waals surface area (Å²) >= 11 is 1.54. The zero-order chi connectivity index (χ0) is 35.1. The van der Waals surface area contributed by atoms with Crippen LogP contribution in [0.15, 0.2) is 158 Å². The third kappa shape index (κ3) is 5.75. The molecule has 0 saturated carbocycles. The van der Waals surface area contributed by atoms with Gasteiger partial charge in [0.2, 0.25) is 0 Å². The molecule has 0 saturated heterocycles. The van der Waals surface area contributed by atoms with Gasteiger partial charge in [0.05, 0.1) is 15.7 Å². The lowest BCUT2D eigenvalue weighted by Gasteiger charge is -2.10. The van der Waals surface area contributed by atoms with Crippen molar-refractivity contribution in [2.24, 2.45) is 0 Å². The topological polar surface area (TPSA) is 103 Å². The highest BCUT2D eigenvalue weighted by Crippen LogP contribution is 2.37. The first kappa shape index (κ1) is 30.7. The van der Waals surface area contributed by atoms with E-state index >= 15 is 0 Å². The summed E-state index contributed by atoms with van der Waals surface area (Å²) < 4.78 is 0.912. The lowest BCUT2D eigenvalue weighted by Crippen LogP contribution is -2.00. The first-order valence-electron chi connectivity index (χ1n) is 17.1. The molecule has 10 aromatic rings. The molecule has 6 aromatic carbocycles. The van der Waals surface area contributed by atoms with Gasteiger partial charge in [-0.1, -0.05) is 140 Å². The van der Waals surface area contributed by atoms with E-state index in [2.05, 4.69) is 88.2 Å². The minimum atomic E-state index is 0.605. The summed E-state index contributed by atoms with van der Waals surface area (Å²) in [6.07, 6.45) is 0. The molecule has 0 fully saturated rings. The molecule has 10 rings (SSSR count). The van der Waals surface area contributed by atoms with E-state index in [0.717, 1.165) is 76.3 Å². The number of nitrogens with zero attached hydrogens (tertiary/aromatic N) is 8. The molecule has 4 heterocycles. The summed E-state index contributed by atoms with van der Waals surface area (Å²) in [5, 5.41) is 12.9. The van der Waals surface area contributed by atoms with Crippen LogP contribution in [0.3, 0.4) is 0 Å². The Morgan fingerprint density at radius 3 is 1.53 bits per heavy atom. The van der Waals surface area contributed by atoms with E-state index in [1.807, 2.05) is 84.9 Å². The van der Waals surface area contributed by atoms with Gasteiger partial charge in [-0.15, -0.1) is 21.5 Å². The number of hydrogen-bond acceptors (Lipinski definition) is 9. The Hall–Kier alpha value is -7.10. The maximum atomic E-state index is 5.00. The molecule has 0 radical (unpaired) electrons. The third-order valence-corrected chi connectivity index (χ3v) is 10.3. The monoisotopic (exact) mass is 698 g/mol. The first-order valence-corrected chi connectivity index (χ1v) is 17.9. The van der Waals surface area contributed by atoms with Crippen molar-refractivity contribution in [3.63, 3.8) is 0 Å². The zero-order valence-corrected chi connectivity index (χ0v) is 28.8. The number of aromatic nitrogens is 8. The lowest BCUT2D eigenvalue weighted by atomic mass is 10.0. The molecule has 8 nitrogen and oxygen atoms in total. The Morgan fingerprint density at radius 1 is 0.340 bits per heavy atom. The van der Waals surface area contributed by atoms with E-state index in [1.54, 1.807) is 0 Å². The lowest BCUT2D eigenvalue weighted by molar-refractivity contribution is 0.904. The van der Waals surface area contributed by atoms with Crippen LogP contribution in [0.5, 0.6) is 0 Å². The average Bonchev–Trinajstić information content (AvgIpc) is 3.61. The van der Waals surface area contributed by atoms with Crippen LogP contribution in [0.1, 0.15) is 0 Å². The fourth-order valence-corrected chi connectivity index (χ4v) is 7.58. The van der Waals surface area contributed by atoms with Crippen molar-refractivity contribution in [3.8, 4) is 67.7 Å². The van der Waals surface area contributed by atoms with Crippen LogP contribution in [0, 0.1) is 0 Å². The van der Waals surface area contributed by atoms with Crippen molar-refractivity contribution in [3.05, 3.63) is 158 Å². The number of hydrogen-bond donors (Lipinski definition) is 0. The number of thiophene rings is 1. The summed E-state index contributed by atoms with van der Waals surface area (Å²) in [4.78, 5) is 25.4. The minimum Gasteiger partial charge on any atom is -0.241 e. The van der Waals surface area contributed by atoms with Gasteiger partial charge >= 0.3 is 0 Å². The molecule has 248 valence electrons. The maximum absolute atomic E-state index is 5.00. The average molecular weight is 699 g/mol. The van der Waals surface area contributed by atoms with Gasteiger partial charge in [-0.3, -0.25) is 0 Å². The largest absolute Gasteiger partial charge is 0.241 e. The zero-order valence-electron chi connectivity index (χ0n) is 28.0. The van der Waals surface area contributed by atoms with Crippen molar-refractivity contribution in [2.75, 3.05) is 0 Å². The van der Waals surface area contributed by atoms with Gasteiger partial charge in [-0.05, 0) is 45.7 Å². The molecule has 0 bridgehead atoms. The highest BCUT2D eigenvalue weighted by molar-refractivity contribution is 7.25. The third-order valence-electron chi connectivity index (χ3n) is 9.21. The van der Waals surface area contributed by atoms with E-state index in [4.69, 9.17) is 24.9 Å². The molecule has 0 aliphatic heterocycles. The van der Waals surface area contributed by atoms with E-state index < -0.39 is 0 Å². The number of benzene rings is 6. The predicted molar refractivity (Wildman–Crippen MR) is 212 cm³/mol. The van der Waals surface area contributed by atoms with Gasteiger partial charge in [-0.2, -0.15) is 0 Å². The van der Waals surface area contributed by atoms with Crippen molar-refractivity contribution in [1.82, 2.24) is 40.3 Å². The second-order valence-corrected chi connectivity index (χ2v) is 13.6. The van der Waals surface area contributed by atoms with Crippen LogP contribution in [0.25, 0.3) is 99.3 Å². The molecule has 0 aliphatic carbocycles. The normalized spacial score (nSPS) is 11.4. The van der Waals surface area contributed by atoms with Crippen LogP contribution in [-0.4, -0.2) is 40.3 Å². The van der Waals surface area contributed by atoms with Crippen molar-refractivity contribution in [2.45, 2.75) is 0 Å². The Kier molecular flexibility index (Phi) is 7.47. The summed E-state index contributed by atoms with van der Waals surface area (Å²) in [5.41, 5.74) is 12.0. The Bertz CT molecular complexity index is 2930. The molecule has 9 heteroatoms. The molecule has 0 unspecified atom stereocenters. The second kappa shape index (κ2) is 12.9. The van der Waals surface area contributed by atoms with E-state index in [1.165, 1.54) is 11.3 Å². The summed E-state index contributed by atoms with van der Waals surface area (Å²) in [6, 6.07) is 53.2. The molecule has 53 heavy (non-hydrogen) atoms. The predicted octanol–water partition coefficient (Wildman–Crippen LogP) is 10.4. The van der Waals surface area contributed by atoms with Gasteiger partial charge in [0.25, 0.3) is 0 Å². The number of fused-ring (bicyclic) bond motifs is 4. The quantitative estimate of drug-likeness (QED) is 0.169. The van der Waals surface area contributed by atoms with Gasteiger partial charge in [0.1, 0.15) is 21.6 Å². The Morgan fingerprint density at radius 2 is 0.830 bits per heavy atom. The van der Waals surface area contributed by atoms with Crippen molar-refractivity contribution >= 4 is 42.9 Å². The maximum Gasteiger partial charge on any atom is 0.164 e. The second-order valence-electron chi connectivity index (χ2n) is 12.6.